The smallest absolute Gasteiger partial charge is 0.0303 e. The lowest BCUT2D eigenvalue weighted by Gasteiger charge is -2.43. The largest absolute Gasteiger partial charge is 0.329 e. The van der Waals surface area contributed by atoms with Gasteiger partial charge in [0.15, 0.2) is 0 Å². The highest BCUT2D eigenvalue weighted by atomic mass is 15.2. The van der Waals surface area contributed by atoms with E-state index in [1.807, 2.05) is 0 Å². The van der Waals surface area contributed by atoms with Crippen LogP contribution in [0.15, 0.2) is 0 Å². The number of unbranched alkanes of at least 4 members (excludes halogenated alkanes) is 3. The van der Waals surface area contributed by atoms with Crippen LogP contribution in [-0.2, 0) is 0 Å². The van der Waals surface area contributed by atoms with E-state index in [4.69, 9.17) is 5.73 Å². The fraction of sp³-hybridized carbons (Fsp3) is 1.00. The maximum Gasteiger partial charge on any atom is 0.0303 e. The number of hydrogen-bond acceptors (Lipinski definition) is 2. The molecule has 0 aliphatic rings. The highest BCUT2D eigenvalue weighted by Gasteiger charge is 2.31. The Hall–Kier alpha value is -0.0800. The predicted octanol–water partition coefficient (Wildman–Crippen LogP) is 3.65. The Labute approximate surface area is 109 Å². The van der Waals surface area contributed by atoms with Gasteiger partial charge < -0.3 is 5.73 Å². The van der Waals surface area contributed by atoms with Gasteiger partial charge in [0.25, 0.3) is 0 Å². The summed E-state index contributed by atoms with van der Waals surface area (Å²) >= 11 is 0. The van der Waals surface area contributed by atoms with Gasteiger partial charge in [0.2, 0.25) is 0 Å². The molecule has 17 heavy (non-hydrogen) atoms. The second kappa shape index (κ2) is 8.10. The SMILES string of the molecule is CCCCCCC(C)(CN)N(C)C(C)C(C)C. The molecular formula is C15H34N2. The van der Waals surface area contributed by atoms with Gasteiger partial charge in [-0.2, -0.15) is 0 Å². The lowest BCUT2D eigenvalue weighted by molar-refractivity contribution is 0.0675. The normalized spacial score (nSPS) is 17.5. The van der Waals surface area contributed by atoms with Gasteiger partial charge in [-0.1, -0.05) is 46.5 Å². The van der Waals surface area contributed by atoms with Gasteiger partial charge in [-0.25, -0.2) is 0 Å². The first-order valence-corrected chi connectivity index (χ1v) is 7.32. The van der Waals surface area contributed by atoms with Gasteiger partial charge in [0.1, 0.15) is 0 Å². The molecule has 0 aliphatic carbocycles. The highest BCUT2D eigenvalue weighted by molar-refractivity contribution is 4.88. The van der Waals surface area contributed by atoms with Crippen molar-refractivity contribution in [3.05, 3.63) is 0 Å². The average molecular weight is 242 g/mol. The molecule has 0 fully saturated rings. The minimum Gasteiger partial charge on any atom is -0.329 e. The molecule has 0 aliphatic heterocycles. The number of rotatable bonds is 9. The summed E-state index contributed by atoms with van der Waals surface area (Å²) in [4.78, 5) is 2.49. The molecule has 0 aromatic carbocycles. The van der Waals surface area contributed by atoms with Crippen molar-refractivity contribution < 1.29 is 0 Å². The standard InChI is InChI=1S/C15H34N2/c1-7-8-9-10-11-15(5,12-16)17(6)14(4)13(2)3/h13-14H,7-12,16H2,1-6H3. The fourth-order valence-electron chi connectivity index (χ4n) is 2.29. The zero-order valence-corrected chi connectivity index (χ0v) is 12.9. The molecule has 0 heterocycles. The number of hydrogen-bond donors (Lipinski definition) is 1. The maximum absolute atomic E-state index is 6.02. The second-order valence-corrected chi connectivity index (χ2v) is 6.11. The van der Waals surface area contributed by atoms with Crippen molar-refractivity contribution in [2.24, 2.45) is 11.7 Å². The van der Waals surface area contributed by atoms with E-state index in [0.717, 1.165) is 6.54 Å². The number of nitrogens with zero attached hydrogens (tertiary/aromatic N) is 1. The van der Waals surface area contributed by atoms with Crippen LogP contribution in [0.2, 0.25) is 0 Å². The molecule has 0 aromatic heterocycles. The zero-order chi connectivity index (χ0) is 13.5. The fourth-order valence-corrected chi connectivity index (χ4v) is 2.29. The van der Waals surface area contributed by atoms with Gasteiger partial charge in [0, 0.05) is 18.1 Å². The molecule has 0 bridgehead atoms. The minimum absolute atomic E-state index is 0.164. The van der Waals surface area contributed by atoms with Crippen molar-refractivity contribution in [3.8, 4) is 0 Å². The Balaban J connectivity index is 4.33. The molecule has 0 radical (unpaired) electrons. The topological polar surface area (TPSA) is 29.3 Å². The summed E-state index contributed by atoms with van der Waals surface area (Å²) in [5.41, 5.74) is 6.18. The monoisotopic (exact) mass is 242 g/mol. The molecule has 2 nitrogen and oxygen atoms in total. The minimum atomic E-state index is 0.164. The molecule has 0 saturated carbocycles. The third-order valence-electron chi connectivity index (χ3n) is 4.44. The van der Waals surface area contributed by atoms with Crippen molar-refractivity contribution in [2.45, 2.75) is 78.3 Å². The van der Waals surface area contributed by atoms with Gasteiger partial charge in [-0.3, -0.25) is 4.90 Å². The van der Waals surface area contributed by atoms with Crippen molar-refractivity contribution in [1.82, 2.24) is 4.90 Å². The number of nitrogens with two attached hydrogens (primary N) is 1. The van der Waals surface area contributed by atoms with Crippen LogP contribution in [0.25, 0.3) is 0 Å². The van der Waals surface area contributed by atoms with E-state index in [9.17, 15) is 0 Å². The lowest BCUT2D eigenvalue weighted by atomic mass is 9.89. The van der Waals surface area contributed by atoms with Crippen molar-refractivity contribution >= 4 is 0 Å². The lowest BCUT2D eigenvalue weighted by Crippen LogP contribution is -2.54. The maximum atomic E-state index is 6.02. The number of likely N-dealkylation sites (N-methyl/N-ethyl adjacent to an activating group) is 1. The molecule has 0 aromatic rings. The van der Waals surface area contributed by atoms with Crippen LogP contribution in [0, 0.1) is 5.92 Å². The van der Waals surface area contributed by atoms with E-state index in [-0.39, 0.29) is 5.54 Å². The zero-order valence-electron chi connectivity index (χ0n) is 12.9. The average Bonchev–Trinajstić information content (AvgIpc) is 2.32. The molecule has 0 saturated heterocycles. The summed E-state index contributed by atoms with van der Waals surface area (Å²) in [5.74, 6) is 0.682. The third-order valence-corrected chi connectivity index (χ3v) is 4.44. The molecule has 0 spiro atoms. The summed E-state index contributed by atoms with van der Waals surface area (Å²) in [6, 6.07) is 0.592. The summed E-state index contributed by atoms with van der Waals surface area (Å²) < 4.78 is 0. The van der Waals surface area contributed by atoms with E-state index in [2.05, 4.69) is 46.6 Å². The molecule has 0 amide bonds. The van der Waals surface area contributed by atoms with E-state index in [1.165, 1.54) is 32.1 Å². The molecule has 2 heteroatoms. The van der Waals surface area contributed by atoms with Gasteiger partial charge in [0.05, 0.1) is 0 Å². The van der Waals surface area contributed by atoms with Crippen LogP contribution in [-0.4, -0.2) is 30.1 Å². The molecule has 2 atom stereocenters. The van der Waals surface area contributed by atoms with E-state index < -0.39 is 0 Å². The van der Waals surface area contributed by atoms with E-state index >= 15 is 0 Å². The molecule has 0 rings (SSSR count). The summed E-state index contributed by atoms with van der Waals surface area (Å²) in [5, 5.41) is 0. The van der Waals surface area contributed by atoms with E-state index in [1.54, 1.807) is 0 Å². The molecule has 2 unspecified atom stereocenters. The van der Waals surface area contributed by atoms with E-state index in [0.29, 0.717) is 12.0 Å². The Bertz CT molecular complexity index is 191. The Morgan fingerprint density at radius 3 is 2.12 bits per heavy atom. The van der Waals surface area contributed by atoms with Crippen LogP contribution in [0.4, 0.5) is 0 Å². The first-order chi connectivity index (χ1) is 7.89. The van der Waals surface area contributed by atoms with Gasteiger partial charge in [-0.15, -0.1) is 0 Å². The molecular weight excluding hydrogens is 208 g/mol. The highest BCUT2D eigenvalue weighted by Crippen LogP contribution is 2.25. The first kappa shape index (κ1) is 16.9. The Morgan fingerprint density at radius 1 is 1.12 bits per heavy atom. The van der Waals surface area contributed by atoms with Crippen LogP contribution >= 0.6 is 0 Å². The first-order valence-electron chi connectivity index (χ1n) is 7.32. The van der Waals surface area contributed by atoms with Crippen LogP contribution in [0.5, 0.6) is 0 Å². The van der Waals surface area contributed by atoms with Gasteiger partial charge >= 0.3 is 0 Å². The van der Waals surface area contributed by atoms with Crippen LogP contribution in [0.1, 0.15) is 66.7 Å². The second-order valence-electron chi connectivity index (χ2n) is 6.11. The summed E-state index contributed by atoms with van der Waals surface area (Å²) in [6.45, 7) is 12.2. The molecule has 104 valence electrons. The Morgan fingerprint density at radius 2 is 1.71 bits per heavy atom. The molecule has 2 N–H and O–H groups in total. The Kier molecular flexibility index (Phi) is 8.06. The van der Waals surface area contributed by atoms with Crippen molar-refractivity contribution in [3.63, 3.8) is 0 Å². The van der Waals surface area contributed by atoms with Crippen molar-refractivity contribution in [1.29, 1.82) is 0 Å². The van der Waals surface area contributed by atoms with Gasteiger partial charge in [-0.05, 0) is 33.2 Å². The van der Waals surface area contributed by atoms with Crippen LogP contribution in [0.3, 0.4) is 0 Å². The quantitative estimate of drug-likeness (QED) is 0.625. The predicted molar refractivity (Wildman–Crippen MR) is 78.3 cm³/mol. The summed E-state index contributed by atoms with van der Waals surface area (Å²) in [7, 11) is 2.23. The summed E-state index contributed by atoms with van der Waals surface area (Å²) in [6.07, 6.45) is 6.52. The van der Waals surface area contributed by atoms with Crippen LogP contribution < -0.4 is 5.73 Å². The van der Waals surface area contributed by atoms with Crippen molar-refractivity contribution in [2.75, 3.05) is 13.6 Å². The third kappa shape index (κ3) is 5.39.